The van der Waals surface area contributed by atoms with E-state index in [4.69, 9.17) is 9.47 Å². The number of ether oxygens (including phenoxy) is 2. The fourth-order valence-corrected chi connectivity index (χ4v) is 3.00. The van der Waals surface area contributed by atoms with Crippen LogP contribution in [-0.4, -0.2) is 18.9 Å². The van der Waals surface area contributed by atoms with E-state index in [-0.39, 0.29) is 5.78 Å². The van der Waals surface area contributed by atoms with E-state index < -0.39 is 12.1 Å². The van der Waals surface area contributed by atoms with Crippen LogP contribution in [0.3, 0.4) is 0 Å². The molecule has 0 fully saturated rings. The molecule has 0 bridgehead atoms. The molecule has 3 aromatic rings. The van der Waals surface area contributed by atoms with Crippen molar-refractivity contribution in [3.63, 3.8) is 0 Å². The summed E-state index contributed by atoms with van der Waals surface area (Å²) in [6.45, 7) is 3.91. The lowest BCUT2D eigenvalue weighted by molar-refractivity contribution is -0.141. The minimum absolute atomic E-state index is 0.266. The summed E-state index contributed by atoms with van der Waals surface area (Å²) in [4.78, 5) is 25.7. The molecule has 0 saturated heterocycles. The Morgan fingerprint density at radius 1 is 0.833 bits per heavy atom. The van der Waals surface area contributed by atoms with E-state index >= 15 is 0 Å². The molecule has 3 rings (SSSR count). The summed E-state index contributed by atoms with van der Waals surface area (Å²) >= 11 is 0. The molecule has 30 heavy (non-hydrogen) atoms. The molecule has 0 aliphatic carbocycles. The van der Waals surface area contributed by atoms with Gasteiger partial charge >= 0.3 is 5.97 Å². The van der Waals surface area contributed by atoms with Gasteiger partial charge in [-0.15, -0.1) is 0 Å². The zero-order valence-corrected chi connectivity index (χ0v) is 17.3. The number of esters is 1. The predicted molar refractivity (Wildman–Crippen MR) is 118 cm³/mol. The minimum atomic E-state index is -1.02. The zero-order chi connectivity index (χ0) is 21.5. The average Bonchev–Trinajstić information content (AvgIpc) is 2.77. The van der Waals surface area contributed by atoms with Crippen molar-refractivity contribution in [3.05, 3.63) is 107 Å². The van der Waals surface area contributed by atoms with Crippen LogP contribution in [0.1, 0.15) is 38.7 Å². The molecule has 4 heteroatoms. The lowest BCUT2D eigenvalue weighted by Gasteiger charge is -2.17. The van der Waals surface area contributed by atoms with Crippen LogP contribution in [0.2, 0.25) is 0 Å². The number of Topliss-reactive ketones (excluding diaryl/α,β-unsaturated/α-hetero) is 1. The zero-order valence-electron chi connectivity index (χ0n) is 17.3. The molecule has 1 atom stereocenters. The van der Waals surface area contributed by atoms with Crippen molar-refractivity contribution >= 4 is 17.8 Å². The number of methoxy groups -OCH3 is 1. The predicted octanol–water partition coefficient (Wildman–Crippen LogP) is 5.49. The van der Waals surface area contributed by atoms with Crippen molar-refractivity contribution in [1.82, 2.24) is 0 Å². The number of rotatable bonds is 7. The Labute approximate surface area is 176 Å². The third-order valence-electron chi connectivity index (χ3n) is 4.73. The van der Waals surface area contributed by atoms with E-state index in [2.05, 4.69) is 0 Å². The molecule has 0 spiro atoms. The van der Waals surface area contributed by atoms with Crippen molar-refractivity contribution in [3.8, 4) is 5.75 Å². The first-order valence-electron chi connectivity index (χ1n) is 9.67. The van der Waals surface area contributed by atoms with Crippen LogP contribution in [0.25, 0.3) is 6.08 Å². The van der Waals surface area contributed by atoms with Gasteiger partial charge in [-0.05, 0) is 26.0 Å². The Kier molecular flexibility index (Phi) is 6.81. The standard InChI is InChI=1S/C26H24O4/c1-18-8-12-21(13-9-18)25(28)26(22-14-10-19(2)11-15-22)30-24(27)17-16-20-6-4-5-7-23(20)29-3/h4-17,26H,1-3H3. The first kappa shape index (κ1) is 21.1. The Morgan fingerprint density at radius 2 is 1.43 bits per heavy atom. The fourth-order valence-electron chi connectivity index (χ4n) is 3.00. The monoisotopic (exact) mass is 400 g/mol. The van der Waals surface area contributed by atoms with E-state index in [1.807, 2.05) is 68.4 Å². The van der Waals surface area contributed by atoms with Crippen molar-refractivity contribution < 1.29 is 19.1 Å². The molecule has 0 aliphatic heterocycles. The Balaban J connectivity index is 1.85. The molecule has 0 saturated carbocycles. The van der Waals surface area contributed by atoms with Gasteiger partial charge in [0.2, 0.25) is 5.78 Å². The van der Waals surface area contributed by atoms with Gasteiger partial charge in [0, 0.05) is 22.8 Å². The third-order valence-corrected chi connectivity index (χ3v) is 4.73. The molecular formula is C26H24O4. The van der Waals surface area contributed by atoms with Crippen molar-refractivity contribution in [2.24, 2.45) is 0 Å². The van der Waals surface area contributed by atoms with E-state index in [0.29, 0.717) is 16.9 Å². The van der Waals surface area contributed by atoms with Gasteiger partial charge in [-0.1, -0.05) is 77.9 Å². The quantitative estimate of drug-likeness (QED) is 0.299. The summed E-state index contributed by atoms with van der Waals surface area (Å²) in [5.41, 5.74) is 3.98. The van der Waals surface area contributed by atoms with Gasteiger partial charge in [-0.25, -0.2) is 4.79 Å². The highest BCUT2D eigenvalue weighted by Gasteiger charge is 2.25. The van der Waals surface area contributed by atoms with E-state index in [9.17, 15) is 9.59 Å². The van der Waals surface area contributed by atoms with Gasteiger partial charge in [0.15, 0.2) is 6.10 Å². The largest absolute Gasteiger partial charge is 0.496 e. The molecule has 1 unspecified atom stereocenters. The highest BCUT2D eigenvalue weighted by Crippen LogP contribution is 2.24. The van der Waals surface area contributed by atoms with Gasteiger partial charge < -0.3 is 9.47 Å². The summed E-state index contributed by atoms with van der Waals surface area (Å²) in [7, 11) is 1.57. The number of ketones is 1. The van der Waals surface area contributed by atoms with Crippen LogP contribution >= 0.6 is 0 Å². The first-order chi connectivity index (χ1) is 14.5. The fraction of sp³-hybridized carbons (Fsp3) is 0.154. The third kappa shape index (κ3) is 5.23. The van der Waals surface area contributed by atoms with Crippen LogP contribution in [0.5, 0.6) is 5.75 Å². The van der Waals surface area contributed by atoms with E-state index in [1.165, 1.54) is 6.08 Å². The molecule has 0 amide bonds. The smallest absolute Gasteiger partial charge is 0.331 e. The van der Waals surface area contributed by atoms with Crippen LogP contribution in [-0.2, 0) is 9.53 Å². The van der Waals surface area contributed by atoms with E-state index in [0.717, 1.165) is 16.7 Å². The number of hydrogen-bond donors (Lipinski definition) is 0. The maximum absolute atomic E-state index is 13.1. The maximum atomic E-state index is 13.1. The molecule has 0 aromatic heterocycles. The van der Waals surface area contributed by atoms with Gasteiger partial charge in [-0.2, -0.15) is 0 Å². The Hall–Kier alpha value is -3.66. The normalized spacial score (nSPS) is 11.8. The summed E-state index contributed by atoms with van der Waals surface area (Å²) in [5.74, 6) is -0.225. The number of hydrogen-bond acceptors (Lipinski definition) is 4. The van der Waals surface area contributed by atoms with Crippen LogP contribution in [0.15, 0.2) is 78.9 Å². The topological polar surface area (TPSA) is 52.6 Å². The number of carbonyl (C=O) groups is 2. The summed E-state index contributed by atoms with van der Waals surface area (Å²) in [6, 6.07) is 22.0. The average molecular weight is 400 g/mol. The Bertz CT molecular complexity index is 1050. The van der Waals surface area contributed by atoms with Gasteiger partial charge in [0.1, 0.15) is 5.75 Å². The molecule has 0 radical (unpaired) electrons. The molecule has 0 heterocycles. The SMILES string of the molecule is COc1ccccc1C=CC(=O)OC(C(=O)c1ccc(C)cc1)c1ccc(C)cc1. The van der Waals surface area contributed by atoms with Crippen LogP contribution < -0.4 is 4.74 Å². The van der Waals surface area contributed by atoms with Gasteiger partial charge in [0.25, 0.3) is 0 Å². The highest BCUT2D eigenvalue weighted by molar-refractivity contribution is 6.01. The molecular weight excluding hydrogens is 376 g/mol. The molecule has 0 aliphatic rings. The molecule has 152 valence electrons. The minimum Gasteiger partial charge on any atom is -0.496 e. The highest BCUT2D eigenvalue weighted by atomic mass is 16.5. The molecule has 4 nitrogen and oxygen atoms in total. The summed E-state index contributed by atoms with van der Waals surface area (Å²) in [5, 5.41) is 0. The van der Waals surface area contributed by atoms with Crippen LogP contribution in [0.4, 0.5) is 0 Å². The Morgan fingerprint density at radius 3 is 2.07 bits per heavy atom. The second kappa shape index (κ2) is 9.70. The van der Waals surface area contributed by atoms with Crippen molar-refractivity contribution in [2.45, 2.75) is 20.0 Å². The molecule has 3 aromatic carbocycles. The summed E-state index contributed by atoms with van der Waals surface area (Å²) < 4.78 is 10.9. The second-order valence-electron chi connectivity index (χ2n) is 7.03. The van der Waals surface area contributed by atoms with Gasteiger partial charge in [-0.3, -0.25) is 4.79 Å². The first-order valence-corrected chi connectivity index (χ1v) is 9.67. The number of para-hydroxylation sites is 1. The summed E-state index contributed by atoms with van der Waals surface area (Å²) in [6.07, 6.45) is 1.90. The lowest BCUT2D eigenvalue weighted by Crippen LogP contribution is -2.19. The number of carbonyl (C=O) groups excluding carboxylic acids is 2. The lowest BCUT2D eigenvalue weighted by atomic mass is 9.98. The van der Waals surface area contributed by atoms with Gasteiger partial charge in [0.05, 0.1) is 7.11 Å². The maximum Gasteiger partial charge on any atom is 0.331 e. The van der Waals surface area contributed by atoms with Crippen LogP contribution in [0, 0.1) is 13.8 Å². The van der Waals surface area contributed by atoms with Crippen molar-refractivity contribution in [1.29, 1.82) is 0 Å². The second-order valence-corrected chi connectivity index (χ2v) is 7.03. The number of benzene rings is 3. The van der Waals surface area contributed by atoms with Crippen molar-refractivity contribution in [2.75, 3.05) is 7.11 Å². The number of aryl methyl sites for hydroxylation is 2. The molecule has 0 N–H and O–H groups in total. The van der Waals surface area contributed by atoms with E-state index in [1.54, 1.807) is 31.4 Å².